The lowest BCUT2D eigenvalue weighted by atomic mass is 9.78. The Kier molecular flexibility index (Phi) is 15.1. The molecule has 0 aromatic heterocycles. The van der Waals surface area contributed by atoms with E-state index in [1.54, 1.807) is 39.8 Å². The van der Waals surface area contributed by atoms with E-state index in [9.17, 15) is 30.0 Å². The summed E-state index contributed by atoms with van der Waals surface area (Å²) in [6, 6.07) is 6.42. The zero-order valence-corrected chi connectivity index (χ0v) is 32.9. The van der Waals surface area contributed by atoms with E-state index in [0.717, 1.165) is 12.0 Å². The highest BCUT2D eigenvalue weighted by Gasteiger charge is 2.50. The van der Waals surface area contributed by atoms with Gasteiger partial charge >= 0.3 is 11.9 Å². The van der Waals surface area contributed by atoms with Crippen LogP contribution in [0.3, 0.4) is 0 Å². The smallest absolute Gasteiger partial charge is 0.338 e. The molecule has 12 heteroatoms. The molecule has 0 aliphatic carbocycles. The fourth-order valence-corrected chi connectivity index (χ4v) is 7.92. The third-order valence-corrected chi connectivity index (χ3v) is 11.3. The van der Waals surface area contributed by atoms with Crippen LogP contribution in [-0.2, 0) is 30.2 Å². The van der Waals surface area contributed by atoms with E-state index in [2.05, 4.69) is 0 Å². The maximum absolute atomic E-state index is 13.6. The first-order chi connectivity index (χ1) is 23.7. The normalized spacial score (nSPS) is 41.0. The minimum atomic E-state index is -1.78. The minimum absolute atomic E-state index is 0.150. The predicted octanol–water partition coefficient (Wildman–Crippen LogP) is 3.40. The Morgan fingerprint density at radius 1 is 1.04 bits per heavy atom. The van der Waals surface area contributed by atoms with Gasteiger partial charge in [0.25, 0.3) is 0 Å². The van der Waals surface area contributed by atoms with Crippen molar-refractivity contribution >= 4 is 11.9 Å². The summed E-state index contributed by atoms with van der Waals surface area (Å²) in [6.07, 6.45) is -5.25. The number of rotatable bonds is 7. The van der Waals surface area contributed by atoms with Gasteiger partial charge in [0.05, 0.1) is 41.4 Å². The van der Waals surface area contributed by atoms with E-state index in [4.69, 9.17) is 18.9 Å². The Balaban J connectivity index is 2.06. The number of carbonyl (C=O) groups excluding carboxylic acids is 2. The SMILES string of the molecule is CCc1ccc(C(=O)O[C@H]2[C@H](O[C@@H]3[C@@H](C)[C@H](O)[C@@H](C)C(=O)O[C@H](CC)[C@@](C)(O)[C@H](O)[C@@H](C)N(C)C[C@H](C)C[C@@]3(C)O)O[C@H](C)C[C@@H]2N(C)C)cc1. The van der Waals surface area contributed by atoms with Crippen molar-refractivity contribution in [3.63, 3.8) is 0 Å². The van der Waals surface area contributed by atoms with Crippen LogP contribution in [0.1, 0.15) is 97.5 Å². The summed E-state index contributed by atoms with van der Waals surface area (Å²) in [7, 11) is 5.62. The molecule has 51 heavy (non-hydrogen) atoms. The van der Waals surface area contributed by atoms with Gasteiger partial charge in [-0.2, -0.15) is 0 Å². The van der Waals surface area contributed by atoms with Crippen molar-refractivity contribution in [1.82, 2.24) is 9.80 Å². The van der Waals surface area contributed by atoms with Crippen molar-refractivity contribution in [2.75, 3.05) is 27.7 Å². The molecule has 2 saturated heterocycles. The summed E-state index contributed by atoms with van der Waals surface area (Å²) in [5, 5.41) is 46.9. The molecule has 1 aromatic rings. The van der Waals surface area contributed by atoms with Gasteiger partial charge in [0.1, 0.15) is 17.8 Å². The third-order valence-electron chi connectivity index (χ3n) is 11.3. The topological polar surface area (TPSA) is 158 Å². The number of hydrogen-bond acceptors (Lipinski definition) is 12. The van der Waals surface area contributed by atoms with Gasteiger partial charge in [0.2, 0.25) is 0 Å². The van der Waals surface area contributed by atoms with Crippen LogP contribution in [0, 0.1) is 17.8 Å². The number of benzene rings is 1. The quantitative estimate of drug-likeness (QED) is 0.305. The predicted molar refractivity (Wildman–Crippen MR) is 194 cm³/mol. The second-order valence-corrected chi connectivity index (χ2v) is 16.0. The molecular formula is C39H66N2O10. The van der Waals surface area contributed by atoms with Crippen molar-refractivity contribution in [3.05, 3.63) is 35.4 Å². The highest BCUT2D eigenvalue weighted by atomic mass is 16.7. The second-order valence-electron chi connectivity index (χ2n) is 16.0. The number of aliphatic hydroxyl groups is 4. The molecule has 3 rings (SSSR count). The van der Waals surface area contributed by atoms with Crippen LogP contribution in [0.2, 0.25) is 0 Å². The fourth-order valence-electron chi connectivity index (χ4n) is 7.92. The standard InChI is InChI=1S/C39H66N2O10/c1-13-27-15-17-28(18-16-27)36(45)50-32-29(40(10)11)19-23(4)48-37(32)51-34-24(5)31(42)25(6)35(44)49-30(14-2)39(9,47)33(43)26(7)41(12)21-22(3)20-38(34,8)46/h15-18,22-26,29-34,37,42-43,46-47H,13-14,19-21H2,1-12H3/t22-,23-,24+,25-,26-,29+,30-,31+,32-,33-,34-,37+,38-,39-/m1/s1. The molecule has 2 aliphatic heterocycles. The largest absolute Gasteiger partial charge is 0.459 e. The van der Waals surface area contributed by atoms with Gasteiger partial charge in [-0.1, -0.05) is 39.8 Å². The molecule has 1 aromatic carbocycles. The number of aliphatic hydroxyl groups excluding tert-OH is 2. The molecule has 12 nitrogen and oxygen atoms in total. The van der Waals surface area contributed by atoms with Crippen LogP contribution in [0.25, 0.3) is 0 Å². The molecule has 2 heterocycles. The third kappa shape index (κ3) is 10.3. The highest BCUT2D eigenvalue weighted by Crippen LogP contribution is 2.37. The summed E-state index contributed by atoms with van der Waals surface area (Å²) in [4.78, 5) is 31.0. The Morgan fingerprint density at radius 3 is 2.20 bits per heavy atom. The van der Waals surface area contributed by atoms with Crippen molar-refractivity contribution in [2.24, 2.45) is 17.8 Å². The number of likely N-dealkylation sites (N-methyl/N-ethyl adjacent to an activating group) is 2. The number of nitrogens with zero attached hydrogens (tertiary/aromatic N) is 2. The first-order valence-electron chi connectivity index (χ1n) is 18.6. The molecule has 292 valence electrons. The number of hydrogen-bond donors (Lipinski definition) is 4. The summed E-state index contributed by atoms with van der Waals surface area (Å²) in [6.45, 7) is 16.2. The lowest BCUT2D eigenvalue weighted by molar-refractivity contribution is -0.298. The average molecular weight is 723 g/mol. The van der Waals surface area contributed by atoms with E-state index in [1.165, 1.54) is 13.8 Å². The van der Waals surface area contributed by atoms with Crippen LogP contribution >= 0.6 is 0 Å². The summed E-state index contributed by atoms with van der Waals surface area (Å²) in [5.74, 6) is -3.38. The van der Waals surface area contributed by atoms with Crippen molar-refractivity contribution < 1.29 is 49.0 Å². The van der Waals surface area contributed by atoms with Gasteiger partial charge in [0, 0.05) is 18.5 Å². The minimum Gasteiger partial charge on any atom is -0.459 e. The zero-order valence-electron chi connectivity index (χ0n) is 32.9. The van der Waals surface area contributed by atoms with Crippen LogP contribution < -0.4 is 0 Å². The van der Waals surface area contributed by atoms with Crippen LogP contribution in [0.4, 0.5) is 0 Å². The molecule has 0 bridgehead atoms. The molecular weight excluding hydrogens is 656 g/mol. The van der Waals surface area contributed by atoms with Gasteiger partial charge in [0.15, 0.2) is 12.4 Å². The van der Waals surface area contributed by atoms with Crippen LogP contribution in [-0.4, -0.2) is 136 Å². The van der Waals surface area contributed by atoms with Gasteiger partial charge in [-0.3, -0.25) is 4.79 Å². The molecule has 14 atom stereocenters. The molecule has 2 aliphatic rings. The summed E-state index contributed by atoms with van der Waals surface area (Å²) < 4.78 is 25.1. The maximum atomic E-state index is 13.6. The van der Waals surface area contributed by atoms with Gasteiger partial charge < -0.3 is 49.2 Å². The lowest BCUT2D eigenvalue weighted by Gasteiger charge is -2.47. The van der Waals surface area contributed by atoms with Gasteiger partial charge in [-0.25, -0.2) is 4.79 Å². The number of ether oxygens (including phenoxy) is 4. The number of cyclic esters (lactones) is 1. The maximum Gasteiger partial charge on any atom is 0.338 e. The van der Waals surface area contributed by atoms with Gasteiger partial charge in [-0.05, 0) is 105 Å². The molecule has 0 spiro atoms. The Bertz CT molecular complexity index is 1270. The fraction of sp³-hybridized carbons (Fsp3) is 0.795. The number of esters is 2. The molecule has 2 fully saturated rings. The van der Waals surface area contributed by atoms with Crippen molar-refractivity contribution in [1.29, 1.82) is 0 Å². The Hall–Kier alpha value is -2.16. The van der Waals surface area contributed by atoms with Crippen LogP contribution in [0.5, 0.6) is 0 Å². The first-order valence-corrected chi connectivity index (χ1v) is 18.6. The molecule has 0 amide bonds. The van der Waals surface area contributed by atoms with Crippen molar-refractivity contribution in [2.45, 2.75) is 154 Å². The van der Waals surface area contributed by atoms with E-state index in [0.29, 0.717) is 18.5 Å². The summed E-state index contributed by atoms with van der Waals surface area (Å²) >= 11 is 0. The Morgan fingerprint density at radius 2 is 1.65 bits per heavy atom. The number of carbonyl (C=O) groups is 2. The first kappa shape index (κ1) is 43.2. The molecule has 4 N–H and O–H groups in total. The van der Waals surface area contributed by atoms with E-state index in [-0.39, 0.29) is 30.9 Å². The van der Waals surface area contributed by atoms with Crippen LogP contribution in [0.15, 0.2) is 24.3 Å². The number of aryl methyl sites for hydroxylation is 1. The van der Waals surface area contributed by atoms with Gasteiger partial charge in [-0.15, -0.1) is 0 Å². The molecule has 0 saturated carbocycles. The highest BCUT2D eigenvalue weighted by molar-refractivity contribution is 5.89. The zero-order chi connectivity index (χ0) is 38.6. The average Bonchev–Trinajstić information content (AvgIpc) is 3.07. The van der Waals surface area contributed by atoms with E-state index in [1.807, 2.05) is 63.8 Å². The molecule has 0 unspecified atom stereocenters. The van der Waals surface area contributed by atoms with E-state index < -0.39 is 77.8 Å². The van der Waals surface area contributed by atoms with Crippen molar-refractivity contribution in [3.8, 4) is 0 Å². The van der Waals surface area contributed by atoms with E-state index >= 15 is 0 Å². The molecule has 0 radical (unpaired) electrons. The Labute approximate surface area is 305 Å². The summed E-state index contributed by atoms with van der Waals surface area (Å²) in [5.41, 5.74) is -1.88. The monoisotopic (exact) mass is 722 g/mol. The lowest BCUT2D eigenvalue weighted by Crippen LogP contribution is -2.60. The second kappa shape index (κ2) is 17.8.